The number of carbonyl (C=O) groups excluding carboxylic acids is 1. The van der Waals surface area contributed by atoms with Gasteiger partial charge in [-0.3, -0.25) is 9.69 Å². The number of aromatic hydroxyl groups is 2. The normalized spacial score (nSPS) is 15.5. The number of aromatic nitrogens is 2. The molecule has 1 aromatic heterocycles. The monoisotopic (exact) mass is 386 g/mol. The Balaban J connectivity index is 1.67. The lowest BCUT2D eigenvalue weighted by molar-refractivity contribution is -0.156. The molecule has 2 aromatic rings. The van der Waals surface area contributed by atoms with Crippen molar-refractivity contribution in [3.63, 3.8) is 0 Å². The third-order valence-electron chi connectivity index (χ3n) is 4.42. The number of esters is 1. The molecule has 1 fully saturated rings. The van der Waals surface area contributed by atoms with Crippen LogP contribution in [-0.2, 0) is 9.53 Å². The average molecular weight is 386 g/mol. The standard InChI is InChI=1S/C20H26N4O4/c1-20(2,3)28-18(26)13-23-8-10-24(11-9-23)16-12-15(21-22-19(16)27)14-6-4-5-7-17(14)25/h4-7,12,25H,8-11,13H2,1-3H3,(H,22,27). The number of rotatable bonds is 4. The number of para-hydroxylation sites is 1. The summed E-state index contributed by atoms with van der Waals surface area (Å²) < 4.78 is 5.37. The first-order valence-electron chi connectivity index (χ1n) is 9.27. The molecule has 8 heteroatoms. The number of phenols is 1. The van der Waals surface area contributed by atoms with Crippen molar-refractivity contribution in [2.24, 2.45) is 0 Å². The van der Waals surface area contributed by atoms with Crippen molar-refractivity contribution in [3.8, 4) is 22.9 Å². The fraction of sp³-hybridized carbons (Fsp3) is 0.450. The third-order valence-corrected chi connectivity index (χ3v) is 4.42. The minimum atomic E-state index is -0.493. The Hall–Kier alpha value is -2.87. The Morgan fingerprint density at radius 3 is 2.43 bits per heavy atom. The first-order valence-corrected chi connectivity index (χ1v) is 9.27. The van der Waals surface area contributed by atoms with Crippen LogP contribution in [0.4, 0.5) is 5.69 Å². The van der Waals surface area contributed by atoms with Crippen LogP contribution in [0.1, 0.15) is 20.8 Å². The molecule has 0 unspecified atom stereocenters. The highest BCUT2D eigenvalue weighted by molar-refractivity contribution is 5.72. The molecular formula is C20H26N4O4. The molecule has 1 aliphatic heterocycles. The molecule has 1 saturated heterocycles. The molecule has 1 aliphatic rings. The highest BCUT2D eigenvalue weighted by Gasteiger charge is 2.24. The SMILES string of the molecule is CC(C)(C)OC(=O)CN1CCN(c2cc(-c3ccccc3O)nnc2O)CC1. The van der Waals surface area contributed by atoms with E-state index >= 15 is 0 Å². The van der Waals surface area contributed by atoms with Gasteiger partial charge in [-0.1, -0.05) is 12.1 Å². The third kappa shape index (κ3) is 4.89. The summed E-state index contributed by atoms with van der Waals surface area (Å²) >= 11 is 0. The Kier molecular flexibility index (Phi) is 5.69. The van der Waals surface area contributed by atoms with E-state index in [0.29, 0.717) is 43.1 Å². The fourth-order valence-corrected chi connectivity index (χ4v) is 3.13. The number of piperazine rings is 1. The molecule has 0 spiro atoms. The van der Waals surface area contributed by atoms with Gasteiger partial charge in [0.2, 0.25) is 0 Å². The van der Waals surface area contributed by atoms with Crippen molar-refractivity contribution in [2.45, 2.75) is 26.4 Å². The maximum absolute atomic E-state index is 12.0. The van der Waals surface area contributed by atoms with Gasteiger partial charge in [0.25, 0.3) is 5.88 Å². The van der Waals surface area contributed by atoms with Crippen LogP contribution in [0.2, 0.25) is 0 Å². The number of hydrogen-bond acceptors (Lipinski definition) is 8. The number of anilines is 1. The topological polar surface area (TPSA) is 99.0 Å². The number of nitrogens with zero attached hydrogens (tertiary/aromatic N) is 4. The van der Waals surface area contributed by atoms with Crippen LogP contribution < -0.4 is 4.90 Å². The van der Waals surface area contributed by atoms with Crippen molar-refractivity contribution in [2.75, 3.05) is 37.6 Å². The molecule has 0 radical (unpaired) electrons. The first kappa shape index (κ1) is 19.9. The first-order chi connectivity index (χ1) is 13.2. The molecule has 0 saturated carbocycles. The number of benzene rings is 1. The summed E-state index contributed by atoms with van der Waals surface area (Å²) in [6.45, 7) is 8.37. The van der Waals surface area contributed by atoms with E-state index in [1.165, 1.54) is 0 Å². The number of phenolic OH excluding ortho intramolecular Hbond substituents is 1. The van der Waals surface area contributed by atoms with E-state index in [2.05, 4.69) is 10.2 Å². The van der Waals surface area contributed by atoms with Crippen LogP contribution in [-0.4, -0.2) is 69.6 Å². The van der Waals surface area contributed by atoms with Crippen LogP contribution in [0, 0.1) is 0 Å². The van der Waals surface area contributed by atoms with Gasteiger partial charge in [-0.25, -0.2) is 0 Å². The van der Waals surface area contributed by atoms with Crippen molar-refractivity contribution in [1.82, 2.24) is 15.1 Å². The average Bonchev–Trinajstić information content (AvgIpc) is 2.62. The maximum atomic E-state index is 12.0. The van der Waals surface area contributed by atoms with Crippen molar-refractivity contribution >= 4 is 11.7 Å². The van der Waals surface area contributed by atoms with Crippen molar-refractivity contribution in [3.05, 3.63) is 30.3 Å². The van der Waals surface area contributed by atoms with Gasteiger partial charge in [0, 0.05) is 31.7 Å². The molecule has 1 aromatic carbocycles. The van der Waals surface area contributed by atoms with Gasteiger partial charge >= 0.3 is 5.97 Å². The summed E-state index contributed by atoms with van der Waals surface area (Å²) in [5, 5.41) is 28.1. The minimum absolute atomic E-state index is 0.107. The zero-order valence-electron chi connectivity index (χ0n) is 16.4. The largest absolute Gasteiger partial charge is 0.507 e. The lowest BCUT2D eigenvalue weighted by atomic mass is 10.1. The predicted molar refractivity (Wildman–Crippen MR) is 105 cm³/mol. The van der Waals surface area contributed by atoms with Crippen LogP contribution in [0.15, 0.2) is 30.3 Å². The Bertz CT molecular complexity index is 842. The van der Waals surface area contributed by atoms with E-state index in [0.717, 1.165) is 0 Å². The summed E-state index contributed by atoms with van der Waals surface area (Å²) in [5.41, 5.74) is 1.11. The predicted octanol–water partition coefficient (Wildman–Crippen LogP) is 2.02. The number of carbonyl (C=O) groups is 1. The summed E-state index contributed by atoms with van der Waals surface area (Å²) in [4.78, 5) is 16.0. The van der Waals surface area contributed by atoms with Gasteiger partial charge in [0.1, 0.15) is 17.0 Å². The van der Waals surface area contributed by atoms with Gasteiger partial charge in [0.15, 0.2) is 0 Å². The van der Waals surface area contributed by atoms with E-state index in [4.69, 9.17) is 4.74 Å². The van der Waals surface area contributed by atoms with E-state index in [1.807, 2.05) is 30.6 Å². The summed E-state index contributed by atoms with van der Waals surface area (Å²) in [6.07, 6.45) is 0. The molecule has 0 bridgehead atoms. The van der Waals surface area contributed by atoms with Crippen molar-refractivity contribution < 1.29 is 19.7 Å². The van der Waals surface area contributed by atoms with E-state index in [1.54, 1.807) is 30.3 Å². The summed E-state index contributed by atoms with van der Waals surface area (Å²) in [7, 11) is 0. The highest BCUT2D eigenvalue weighted by atomic mass is 16.6. The van der Waals surface area contributed by atoms with Gasteiger partial charge in [-0.15, -0.1) is 10.2 Å². The zero-order chi connectivity index (χ0) is 20.3. The number of ether oxygens (including phenoxy) is 1. The molecule has 3 rings (SSSR count). The van der Waals surface area contributed by atoms with Gasteiger partial charge < -0.3 is 19.8 Å². The lowest BCUT2D eigenvalue weighted by Crippen LogP contribution is -2.48. The van der Waals surface area contributed by atoms with Crippen LogP contribution >= 0.6 is 0 Å². The Labute approximate surface area is 164 Å². The zero-order valence-corrected chi connectivity index (χ0v) is 16.4. The second-order valence-corrected chi connectivity index (χ2v) is 7.81. The molecule has 2 N–H and O–H groups in total. The Morgan fingerprint density at radius 2 is 1.79 bits per heavy atom. The second kappa shape index (κ2) is 8.02. The van der Waals surface area contributed by atoms with Crippen LogP contribution in [0.3, 0.4) is 0 Å². The van der Waals surface area contributed by atoms with Gasteiger partial charge in [0.05, 0.1) is 12.2 Å². The quantitative estimate of drug-likeness (QED) is 0.770. The molecule has 8 nitrogen and oxygen atoms in total. The van der Waals surface area contributed by atoms with Crippen LogP contribution in [0.25, 0.3) is 11.3 Å². The van der Waals surface area contributed by atoms with E-state index in [-0.39, 0.29) is 24.1 Å². The molecule has 28 heavy (non-hydrogen) atoms. The summed E-state index contributed by atoms with van der Waals surface area (Å²) in [6, 6.07) is 8.59. The van der Waals surface area contributed by atoms with Gasteiger partial charge in [-0.05, 0) is 39.0 Å². The molecule has 0 atom stereocenters. The summed E-state index contributed by atoms with van der Waals surface area (Å²) in [5.74, 6) is -0.286. The minimum Gasteiger partial charge on any atom is -0.507 e. The maximum Gasteiger partial charge on any atom is 0.320 e. The fourth-order valence-electron chi connectivity index (χ4n) is 3.13. The van der Waals surface area contributed by atoms with Crippen molar-refractivity contribution in [1.29, 1.82) is 0 Å². The second-order valence-electron chi connectivity index (χ2n) is 7.81. The Morgan fingerprint density at radius 1 is 1.11 bits per heavy atom. The van der Waals surface area contributed by atoms with E-state index in [9.17, 15) is 15.0 Å². The molecular weight excluding hydrogens is 360 g/mol. The number of hydrogen-bond donors (Lipinski definition) is 2. The molecule has 0 amide bonds. The molecule has 2 heterocycles. The highest BCUT2D eigenvalue weighted by Crippen LogP contribution is 2.33. The molecule has 150 valence electrons. The lowest BCUT2D eigenvalue weighted by Gasteiger charge is -2.35. The van der Waals surface area contributed by atoms with Crippen LogP contribution in [0.5, 0.6) is 11.6 Å². The van der Waals surface area contributed by atoms with E-state index < -0.39 is 5.60 Å². The molecule has 0 aliphatic carbocycles. The smallest absolute Gasteiger partial charge is 0.320 e. The van der Waals surface area contributed by atoms with Gasteiger partial charge in [-0.2, -0.15) is 0 Å².